The van der Waals surface area contributed by atoms with Crippen molar-refractivity contribution in [1.29, 1.82) is 0 Å². The van der Waals surface area contributed by atoms with Gasteiger partial charge in [-0.15, -0.1) is 0 Å². The summed E-state index contributed by atoms with van der Waals surface area (Å²) in [6.07, 6.45) is 7.12. The largest absolute Gasteiger partial charge is 0.365 e. The summed E-state index contributed by atoms with van der Waals surface area (Å²) in [6, 6.07) is 7.81. The number of rotatable bonds is 4. The topological polar surface area (TPSA) is 83.9 Å². The van der Waals surface area contributed by atoms with Crippen LogP contribution in [-0.2, 0) is 0 Å². The molecular weight excluding hydrogens is 407 g/mol. The van der Waals surface area contributed by atoms with Gasteiger partial charge in [0.1, 0.15) is 11.5 Å². The van der Waals surface area contributed by atoms with Crippen molar-refractivity contribution in [3.8, 4) is 11.4 Å². The molecule has 5 heterocycles. The SMILES string of the molecule is Cc1ccc(NC2CC3CCC2N(C(=O)c2nc(C)ccc2-c2ncc(F)cn2)C3)nc1. The number of carbonyl (C=O) groups is 1. The minimum atomic E-state index is -0.520. The Morgan fingerprint density at radius 1 is 1.06 bits per heavy atom. The average Bonchev–Trinajstić information content (AvgIpc) is 2.81. The Kier molecular flexibility index (Phi) is 5.28. The second kappa shape index (κ2) is 8.26. The quantitative estimate of drug-likeness (QED) is 0.675. The lowest BCUT2D eigenvalue weighted by molar-refractivity contribution is 0.0277. The van der Waals surface area contributed by atoms with Crippen molar-refractivity contribution in [2.24, 2.45) is 5.92 Å². The highest BCUT2D eigenvalue weighted by Crippen LogP contribution is 2.38. The van der Waals surface area contributed by atoms with Crippen LogP contribution in [0.1, 0.15) is 41.0 Å². The van der Waals surface area contributed by atoms with E-state index in [0.29, 0.717) is 29.5 Å². The molecule has 164 valence electrons. The van der Waals surface area contributed by atoms with Crippen LogP contribution in [-0.4, -0.2) is 49.4 Å². The molecule has 3 aromatic rings. The molecule has 6 rings (SSSR count). The summed E-state index contributed by atoms with van der Waals surface area (Å²) in [5.41, 5.74) is 2.68. The molecule has 3 atom stereocenters. The minimum Gasteiger partial charge on any atom is -0.365 e. The number of aromatic nitrogens is 4. The monoisotopic (exact) mass is 432 g/mol. The second-order valence-corrected chi connectivity index (χ2v) is 8.75. The Morgan fingerprint density at radius 2 is 1.88 bits per heavy atom. The van der Waals surface area contributed by atoms with E-state index in [0.717, 1.165) is 48.7 Å². The normalized spacial score (nSPS) is 22.1. The summed E-state index contributed by atoms with van der Waals surface area (Å²) in [7, 11) is 0. The highest BCUT2D eigenvalue weighted by molar-refractivity contribution is 5.98. The molecule has 2 aliphatic heterocycles. The van der Waals surface area contributed by atoms with E-state index in [9.17, 15) is 9.18 Å². The second-order valence-electron chi connectivity index (χ2n) is 8.75. The molecule has 0 radical (unpaired) electrons. The zero-order valence-corrected chi connectivity index (χ0v) is 18.1. The number of halogens is 1. The molecule has 3 unspecified atom stereocenters. The lowest BCUT2D eigenvalue weighted by Crippen LogP contribution is -2.60. The average molecular weight is 433 g/mol. The number of pyridine rings is 2. The molecule has 8 heteroatoms. The Balaban J connectivity index is 1.44. The zero-order valence-electron chi connectivity index (χ0n) is 18.1. The van der Waals surface area contributed by atoms with Gasteiger partial charge in [0.25, 0.3) is 5.91 Å². The Labute approximate surface area is 186 Å². The van der Waals surface area contributed by atoms with Crippen molar-refractivity contribution < 1.29 is 9.18 Å². The van der Waals surface area contributed by atoms with E-state index < -0.39 is 5.82 Å². The minimum absolute atomic E-state index is 0.0555. The fourth-order valence-electron chi connectivity index (χ4n) is 4.81. The Hall–Kier alpha value is -3.42. The van der Waals surface area contributed by atoms with Crippen LogP contribution in [0.3, 0.4) is 0 Å². The molecule has 0 spiro atoms. The van der Waals surface area contributed by atoms with Crippen LogP contribution in [0.2, 0.25) is 0 Å². The molecule has 1 saturated carbocycles. The van der Waals surface area contributed by atoms with Gasteiger partial charge >= 0.3 is 0 Å². The smallest absolute Gasteiger partial charge is 0.273 e. The van der Waals surface area contributed by atoms with Crippen molar-refractivity contribution >= 4 is 11.7 Å². The third kappa shape index (κ3) is 3.92. The summed E-state index contributed by atoms with van der Waals surface area (Å²) in [6.45, 7) is 4.57. The first-order chi connectivity index (χ1) is 15.5. The number of fused-ring (bicyclic) bond motifs is 3. The van der Waals surface area contributed by atoms with Crippen LogP contribution in [0.4, 0.5) is 10.2 Å². The molecule has 1 amide bonds. The summed E-state index contributed by atoms with van der Waals surface area (Å²) in [4.78, 5) is 32.9. The number of hydrogen-bond acceptors (Lipinski definition) is 6. The Bertz CT molecular complexity index is 1130. The van der Waals surface area contributed by atoms with Gasteiger partial charge in [0.05, 0.1) is 24.0 Å². The molecule has 2 bridgehead atoms. The standard InChI is InChI=1S/C24H25FN6O/c1-14-3-8-21(26-10-14)30-19-9-16-5-7-20(19)31(13-16)24(32)22-18(6-4-15(2)29-22)23-27-11-17(25)12-28-23/h3-4,6,8,10-12,16,19-20H,5,7,9,13H2,1-2H3,(H,26,30). The lowest BCUT2D eigenvalue weighted by Gasteiger charge is -2.50. The van der Waals surface area contributed by atoms with E-state index in [1.54, 1.807) is 6.07 Å². The maximum absolute atomic E-state index is 13.7. The van der Waals surface area contributed by atoms with Gasteiger partial charge < -0.3 is 10.2 Å². The molecule has 1 N–H and O–H groups in total. The number of nitrogens with one attached hydrogen (secondary N) is 1. The molecule has 1 aliphatic carbocycles. The van der Waals surface area contributed by atoms with Crippen molar-refractivity contribution in [2.45, 2.75) is 45.2 Å². The number of nitrogens with zero attached hydrogens (tertiary/aromatic N) is 5. The van der Waals surface area contributed by atoms with E-state index in [1.807, 2.05) is 43.1 Å². The van der Waals surface area contributed by atoms with Gasteiger partial charge in [-0.05, 0) is 62.8 Å². The lowest BCUT2D eigenvalue weighted by atomic mass is 9.76. The highest BCUT2D eigenvalue weighted by atomic mass is 19.1. The molecule has 0 aromatic carbocycles. The molecule has 3 fully saturated rings. The van der Waals surface area contributed by atoms with E-state index in [4.69, 9.17) is 0 Å². The number of piperidine rings is 2. The van der Waals surface area contributed by atoms with Crippen LogP contribution in [0, 0.1) is 25.6 Å². The van der Waals surface area contributed by atoms with E-state index >= 15 is 0 Å². The number of anilines is 1. The first-order valence-electron chi connectivity index (χ1n) is 10.9. The first-order valence-corrected chi connectivity index (χ1v) is 10.9. The molecule has 3 aromatic heterocycles. The van der Waals surface area contributed by atoms with Crippen LogP contribution >= 0.6 is 0 Å². The van der Waals surface area contributed by atoms with Crippen LogP contribution in [0.25, 0.3) is 11.4 Å². The molecule has 7 nitrogen and oxygen atoms in total. The predicted molar refractivity (Wildman–Crippen MR) is 119 cm³/mol. The summed E-state index contributed by atoms with van der Waals surface area (Å²) >= 11 is 0. The van der Waals surface area contributed by atoms with Gasteiger partial charge in [-0.1, -0.05) is 6.07 Å². The van der Waals surface area contributed by atoms with Crippen molar-refractivity contribution in [3.05, 3.63) is 65.6 Å². The Morgan fingerprint density at radius 3 is 2.59 bits per heavy atom. The molecule has 32 heavy (non-hydrogen) atoms. The van der Waals surface area contributed by atoms with Gasteiger partial charge in [0.15, 0.2) is 11.6 Å². The van der Waals surface area contributed by atoms with Crippen molar-refractivity contribution in [2.75, 3.05) is 11.9 Å². The molecular formula is C24H25FN6O. The zero-order chi connectivity index (χ0) is 22.2. The maximum atomic E-state index is 13.7. The summed E-state index contributed by atoms with van der Waals surface area (Å²) in [5, 5.41) is 3.55. The molecule has 3 aliphatic rings. The molecule has 2 saturated heterocycles. The summed E-state index contributed by atoms with van der Waals surface area (Å²) in [5.74, 6) is 0.906. The van der Waals surface area contributed by atoms with E-state index in [1.165, 1.54) is 0 Å². The fraction of sp³-hybridized carbons (Fsp3) is 0.375. The summed E-state index contributed by atoms with van der Waals surface area (Å²) < 4.78 is 13.3. The van der Waals surface area contributed by atoms with Crippen LogP contribution < -0.4 is 5.32 Å². The van der Waals surface area contributed by atoms with Gasteiger partial charge in [-0.3, -0.25) is 4.79 Å². The van der Waals surface area contributed by atoms with Crippen LogP contribution in [0.15, 0.2) is 42.9 Å². The number of amides is 1. The van der Waals surface area contributed by atoms with Gasteiger partial charge in [-0.25, -0.2) is 24.3 Å². The highest BCUT2D eigenvalue weighted by Gasteiger charge is 2.44. The number of carbonyl (C=O) groups excluding carboxylic acids is 1. The van der Waals surface area contributed by atoms with Crippen molar-refractivity contribution in [1.82, 2.24) is 24.8 Å². The predicted octanol–water partition coefficient (Wildman–Crippen LogP) is 3.79. The van der Waals surface area contributed by atoms with Gasteiger partial charge in [-0.2, -0.15) is 0 Å². The maximum Gasteiger partial charge on any atom is 0.273 e. The van der Waals surface area contributed by atoms with Gasteiger partial charge in [0, 0.05) is 24.5 Å². The third-order valence-corrected chi connectivity index (χ3v) is 6.38. The van der Waals surface area contributed by atoms with E-state index in [2.05, 4.69) is 25.3 Å². The van der Waals surface area contributed by atoms with Crippen LogP contribution in [0.5, 0.6) is 0 Å². The van der Waals surface area contributed by atoms with E-state index in [-0.39, 0.29) is 18.0 Å². The number of hydrogen-bond donors (Lipinski definition) is 1. The first kappa shape index (κ1) is 20.5. The van der Waals surface area contributed by atoms with Gasteiger partial charge in [0.2, 0.25) is 0 Å². The number of aryl methyl sites for hydroxylation is 2. The fourth-order valence-corrected chi connectivity index (χ4v) is 4.81. The third-order valence-electron chi connectivity index (χ3n) is 6.38. The van der Waals surface area contributed by atoms with Crippen molar-refractivity contribution in [3.63, 3.8) is 0 Å².